The topological polar surface area (TPSA) is 57.2 Å². The molecule has 0 amide bonds. The van der Waals surface area contributed by atoms with Gasteiger partial charge in [0, 0.05) is 5.75 Å². The van der Waals surface area contributed by atoms with Crippen molar-refractivity contribution in [2.24, 2.45) is 0 Å². The molecule has 0 radical (unpaired) electrons. The Hall–Kier alpha value is 0.650. The van der Waals surface area contributed by atoms with E-state index in [0.717, 1.165) is 12.8 Å². The van der Waals surface area contributed by atoms with E-state index in [9.17, 15) is 13.0 Å². The zero-order chi connectivity index (χ0) is 13.0. The first-order chi connectivity index (χ1) is 8.06. The Kier molecular flexibility index (Phi) is 16.4. The van der Waals surface area contributed by atoms with Crippen LogP contribution >= 0.6 is 0 Å². The predicted molar refractivity (Wildman–Crippen MR) is 71.0 cm³/mol. The number of rotatable bonds is 12. The molecule has 0 aliphatic heterocycles. The van der Waals surface area contributed by atoms with Crippen molar-refractivity contribution in [2.45, 2.75) is 77.6 Å². The monoisotopic (exact) mass is 370 g/mol. The third-order valence-electron chi connectivity index (χ3n) is 3.00. The molecule has 0 bridgehead atoms. The molecular formula is C13H27AgO3S. The van der Waals surface area contributed by atoms with Crippen LogP contribution in [0.2, 0.25) is 0 Å². The van der Waals surface area contributed by atoms with Crippen LogP contribution in [0.1, 0.15) is 77.6 Å². The third-order valence-corrected chi connectivity index (χ3v) is 3.79. The number of hydrogen-bond donors (Lipinski definition) is 0. The average molecular weight is 371 g/mol. The van der Waals surface area contributed by atoms with Crippen molar-refractivity contribution >= 4 is 10.1 Å². The van der Waals surface area contributed by atoms with Gasteiger partial charge in [-0.05, 0) is 6.42 Å². The summed E-state index contributed by atoms with van der Waals surface area (Å²) in [5, 5.41) is 0. The minimum absolute atomic E-state index is 0. The zero-order valence-electron chi connectivity index (χ0n) is 11.4. The normalized spacial score (nSPS) is 11.2. The molecule has 0 heterocycles. The minimum Gasteiger partial charge on any atom is -0.748 e. The summed E-state index contributed by atoms with van der Waals surface area (Å²) in [7, 11) is -3.98. The van der Waals surface area contributed by atoms with Gasteiger partial charge in [-0.15, -0.1) is 0 Å². The summed E-state index contributed by atoms with van der Waals surface area (Å²) in [4.78, 5) is 0. The van der Waals surface area contributed by atoms with Gasteiger partial charge in [0.25, 0.3) is 0 Å². The van der Waals surface area contributed by atoms with Crippen LogP contribution in [-0.2, 0) is 32.5 Å². The summed E-state index contributed by atoms with van der Waals surface area (Å²) >= 11 is 0. The molecule has 0 aromatic carbocycles. The molecule has 5 heteroatoms. The quantitative estimate of drug-likeness (QED) is 0.298. The maximum Gasteiger partial charge on any atom is 1.00 e. The first-order valence-corrected chi connectivity index (χ1v) is 8.57. The maximum atomic E-state index is 10.3. The second kappa shape index (κ2) is 14.1. The molecule has 114 valence electrons. The molecule has 3 nitrogen and oxygen atoms in total. The summed E-state index contributed by atoms with van der Waals surface area (Å²) < 4.78 is 31.0. The van der Waals surface area contributed by atoms with E-state index in [-0.39, 0.29) is 28.1 Å². The molecule has 0 saturated heterocycles. The van der Waals surface area contributed by atoms with E-state index in [2.05, 4.69) is 6.92 Å². The summed E-state index contributed by atoms with van der Waals surface area (Å²) in [6, 6.07) is 0. The standard InChI is InChI=1S/C13H28O3S.Ag/c1-2-3-4-5-6-7-8-9-10-11-12-13-17(14,15)16;/h2-13H2,1H3,(H,14,15,16);/q;+1/p-1. The third kappa shape index (κ3) is 19.0. The Bertz CT molecular complexity index is 253. The molecule has 0 rings (SSSR count). The summed E-state index contributed by atoms with van der Waals surface area (Å²) in [5.41, 5.74) is 0. The summed E-state index contributed by atoms with van der Waals surface area (Å²) in [6.07, 6.45) is 12.9. The van der Waals surface area contributed by atoms with Crippen LogP contribution < -0.4 is 0 Å². The van der Waals surface area contributed by atoms with Gasteiger partial charge in [-0.1, -0.05) is 71.1 Å². The van der Waals surface area contributed by atoms with E-state index < -0.39 is 10.1 Å². The molecule has 0 aliphatic rings. The van der Waals surface area contributed by atoms with Crippen LogP contribution in [0.5, 0.6) is 0 Å². The fourth-order valence-corrected chi connectivity index (χ4v) is 2.50. The molecule has 0 aromatic rings. The van der Waals surface area contributed by atoms with Gasteiger partial charge in [0.2, 0.25) is 0 Å². The largest absolute Gasteiger partial charge is 1.00 e. The average Bonchev–Trinajstić information content (AvgIpc) is 2.24. The van der Waals surface area contributed by atoms with Crippen LogP contribution in [0.25, 0.3) is 0 Å². The van der Waals surface area contributed by atoms with E-state index in [1.165, 1.54) is 51.4 Å². The Morgan fingerprint density at radius 3 is 1.39 bits per heavy atom. The van der Waals surface area contributed by atoms with Crippen molar-refractivity contribution in [1.82, 2.24) is 0 Å². The fourth-order valence-electron chi connectivity index (χ4n) is 1.94. The molecule has 18 heavy (non-hydrogen) atoms. The van der Waals surface area contributed by atoms with Gasteiger partial charge in [0.1, 0.15) is 0 Å². The van der Waals surface area contributed by atoms with Gasteiger partial charge < -0.3 is 4.55 Å². The van der Waals surface area contributed by atoms with Gasteiger partial charge in [-0.2, -0.15) is 0 Å². The first kappa shape index (κ1) is 21.0. The summed E-state index contributed by atoms with van der Waals surface area (Å²) in [5.74, 6) is -0.190. The molecular weight excluding hydrogens is 344 g/mol. The minimum atomic E-state index is -3.98. The predicted octanol–water partition coefficient (Wildman–Crippen LogP) is 3.84. The van der Waals surface area contributed by atoms with Crippen LogP contribution in [-0.4, -0.2) is 18.7 Å². The zero-order valence-corrected chi connectivity index (χ0v) is 13.7. The van der Waals surface area contributed by atoms with E-state index in [0.29, 0.717) is 6.42 Å². The van der Waals surface area contributed by atoms with Crippen molar-refractivity contribution in [3.63, 3.8) is 0 Å². The van der Waals surface area contributed by atoms with Crippen molar-refractivity contribution < 1.29 is 35.4 Å². The van der Waals surface area contributed by atoms with Crippen molar-refractivity contribution in [3.05, 3.63) is 0 Å². The van der Waals surface area contributed by atoms with E-state index in [4.69, 9.17) is 0 Å². The van der Waals surface area contributed by atoms with Crippen LogP contribution in [0, 0.1) is 0 Å². The Morgan fingerprint density at radius 1 is 0.722 bits per heavy atom. The Labute approximate surface area is 128 Å². The van der Waals surface area contributed by atoms with E-state index >= 15 is 0 Å². The number of unbranched alkanes of at least 4 members (excludes halogenated alkanes) is 10. The first-order valence-electron chi connectivity index (χ1n) is 7.00. The van der Waals surface area contributed by atoms with Crippen molar-refractivity contribution in [3.8, 4) is 0 Å². The molecule has 0 unspecified atom stereocenters. The molecule has 0 atom stereocenters. The fraction of sp³-hybridized carbons (Fsp3) is 1.00. The SMILES string of the molecule is CCCCCCCCCCCCCS(=O)(=O)[O-].[Ag+]. The van der Waals surface area contributed by atoms with Gasteiger partial charge in [0.15, 0.2) is 0 Å². The summed E-state index contributed by atoms with van der Waals surface area (Å²) in [6.45, 7) is 2.22. The molecule has 0 aromatic heterocycles. The molecule has 0 aliphatic carbocycles. The molecule has 0 spiro atoms. The van der Waals surface area contributed by atoms with Crippen molar-refractivity contribution in [1.29, 1.82) is 0 Å². The van der Waals surface area contributed by atoms with E-state index in [1.807, 2.05) is 0 Å². The van der Waals surface area contributed by atoms with Gasteiger partial charge in [-0.3, -0.25) is 0 Å². The molecule has 0 saturated carbocycles. The molecule has 0 N–H and O–H groups in total. The second-order valence-corrected chi connectivity index (χ2v) is 6.32. The number of hydrogen-bond acceptors (Lipinski definition) is 3. The van der Waals surface area contributed by atoms with Gasteiger partial charge in [0.05, 0.1) is 10.1 Å². The van der Waals surface area contributed by atoms with Crippen LogP contribution in [0.4, 0.5) is 0 Å². The Balaban J connectivity index is 0. The van der Waals surface area contributed by atoms with Crippen LogP contribution in [0.15, 0.2) is 0 Å². The molecule has 0 fully saturated rings. The van der Waals surface area contributed by atoms with E-state index in [1.54, 1.807) is 0 Å². The smallest absolute Gasteiger partial charge is 0.748 e. The van der Waals surface area contributed by atoms with Gasteiger partial charge in [-0.25, -0.2) is 8.42 Å². The Morgan fingerprint density at radius 2 is 1.06 bits per heavy atom. The van der Waals surface area contributed by atoms with Gasteiger partial charge >= 0.3 is 22.4 Å². The maximum absolute atomic E-state index is 10.3. The van der Waals surface area contributed by atoms with Crippen LogP contribution in [0.3, 0.4) is 0 Å². The second-order valence-electron chi connectivity index (χ2n) is 4.80. The van der Waals surface area contributed by atoms with Crippen molar-refractivity contribution in [2.75, 3.05) is 5.75 Å².